The summed E-state index contributed by atoms with van der Waals surface area (Å²) in [4.78, 5) is 14.3. The van der Waals surface area contributed by atoms with Crippen LogP contribution < -0.4 is 0 Å². The fraction of sp³-hybridized carbons (Fsp3) is 0. The molecular weight excluding hydrogens is 248 g/mol. The van der Waals surface area contributed by atoms with Crippen molar-refractivity contribution in [2.45, 2.75) is 0 Å². The van der Waals surface area contributed by atoms with Gasteiger partial charge in [0.25, 0.3) is 0 Å². The van der Waals surface area contributed by atoms with Gasteiger partial charge in [-0.2, -0.15) is 0 Å². The molecule has 2 rings (SSSR count). The Bertz CT molecular complexity index is 587. The van der Waals surface area contributed by atoms with Crippen LogP contribution in [0.1, 0.15) is 10.4 Å². The predicted octanol–water partition coefficient (Wildman–Crippen LogP) is 3.49. The number of halogens is 3. The van der Waals surface area contributed by atoms with Crippen LogP contribution in [0.3, 0.4) is 0 Å². The lowest BCUT2D eigenvalue weighted by Crippen LogP contribution is -1.94. The maximum Gasteiger partial charge on any atom is 0.153 e. The van der Waals surface area contributed by atoms with E-state index in [2.05, 4.69) is 4.98 Å². The molecule has 0 N–H and O–H groups in total. The van der Waals surface area contributed by atoms with Crippen LogP contribution in [0, 0.1) is 11.6 Å². The summed E-state index contributed by atoms with van der Waals surface area (Å²) in [5.74, 6) is -1.31. The highest BCUT2D eigenvalue weighted by Crippen LogP contribution is 2.24. The first kappa shape index (κ1) is 11.7. The highest BCUT2D eigenvalue weighted by Gasteiger charge is 2.10. The van der Waals surface area contributed by atoms with Crippen molar-refractivity contribution in [1.29, 1.82) is 0 Å². The number of aromatic nitrogens is 1. The Labute approximate surface area is 101 Å². The van der Waals surface area contributed by atoms with Gasteiger partial charge in [-0.25, -0.2) is 8.78 Å². The van der Waals surface area contributed by atoms with E-state index in [-0.39, 0.29) is 21.8 Å². The number of carbonyl (C=O) groups excluding carboxylic acids is 1. The van der Waals surface area contributed by atoms with E-state index in [0.717, 1.165) is 12.3 Å². The molecule has 0 aliphatic heterocycles. The van der Waals surface area contributed by atoms with Crippen LogP contribution in [0.15, 0.2) is 30.5 Å². The van der Waals surface area contributed by atoms with Gasteiger partial charge in [-0.3, -0.25) is 9.78 Å². The Morgan fingerprint density at radius 3 is 2.59 bits per heavy atom. The number of rotatable bonds is 2. The summed E-state index contributed by atoms with van der Waals surface area (Å²) in [7, 11) is 0. The number of carbonyl (C=O) groups is 1. The zero-order valence-electron chi connectivity index (χ0n) is 8.45. The predicted molar refractivity (Wildman–Crippen MR) is 60.0 cm³/mol. The van der Waals surface area contributed by atoms with Gasteiger partial charge in [0.1, 0.15) is 5.82 Å². The van der Waals surface area contributed by atoms with E-state index in [4.69, 9.17) is 11.6 Å². The molecule has 5 heteroatoms. The maximum absolute atomic E-state index is 13.6. The average molecular weight is 254 g/mol. The average Bonchev–Trinajstić information content (AvgIpc) is 2.30. The third-order valence-electron chi connectivity index (χ3n) is 2.22. The Morgan fingerprint density at radius 1 is 1.18 bits per heavy atom. The standard InChI is InChI=1S/C12H6ClF2NO/c13-8-1-2-9(10(14)4-8)12-3-7(6-17)11(15)5-16-12/h1-6H. The van der Waals surface area contributed by atoms with Gasteiger partial charge in [0.05, 0.1) is 17.5 Å². The molecule has 1 heterocycles. The van der Waals surface area contributed by atoms with Crippen molar-refractivity contribution < 1.29 is 13.6 Å². The van der Waals surface area contributed by atoms with Crippen molar-refractivity contribution >= 4 is 17.9 Å². The minimum atomic E-state index is -0.738. The topological polar surface area (TPSA) is 30.0 Å². The Morgan fingerprint density at radius 2 is 1.94 bits per heavy atom. The summed E-state index contributed by atoms with van der Waals surface area (Å²) in [6.45, 7) is 0. The van der Waals surface area contributed by atoms with Gasteiger partial charge in [0, 0.05) is 10.6 Å². The SMILES string of the molecule is O=Cc1cc(-c2ccc(Cl)cc2F)ncc1F. The highest BCUT2D eigenvalue weighted by atomic mass is 35.5. The van der Waals surface area contributed by atoms with Crippen LogP contribution in [0.2, 0.25) is 5.02 Å². The third kappa shape index (κ3) is 2.31. The summed E-state index contributed by atoms with van der Waals surface area (Å²) in [5, 5.41) is 0.254. The molecule has 1 aromatic heterocycles. The first-order valence-electron chi connectivity index (χ1n) is 4.68. The van der Waals surface area contributed by atoms with Gasteiger partial charge >= 0.3 is 0 Å². The van der Waals surface area contributed by atoms with Gasteiger partial charge < -0.3 is 0 Å². The molecule has 2 aromatic rings. The highest BCUT2D eigenvalue weighted by molar-refractivity contribution is 6.30. The molecule has 17 heavy (non-hydrogen) atoms. The van der Waals surface area contributed by atoms with Crippen LogP contribution >= 0.6 is 11.6 Å². The van der Waals surface area contributed by atoms with Crippen molar-refractivity contribution in [3.63, 3.8) is 0 Å². The third-order valence-corrected chi connectivity index (χ3v) is 2.45. The number of benzene rings is 1. The molecule has 0 saturated heterocycles. The largest absolute Gasteiger partial charge is 0.298 e. The first-order valence-corrected chi connectivity index (χ1v) is 5.06. The van der Waals surface area contributed by atoms with Gasteiger partial charge in [-0.05, 0) is 24.3 Å². The van der Waals surface area contributed by atoms with Gasteiger partial charge in [0.15, 0.2) is 12.1 Å². The summed E-state index contributed by atoms with van der Waals surface area (Å²) in [6, 6.07) is 5.23. The van der Waals surface area contributed by atoms with Crippen molar-refractivity contribution in [3.8, 4) is 11.3 Å². The summed E-state index contributed by atoms with van der Waals surface area (Å²) in [6.07, 6.45) is 1.24. The van der Waals surface area contributed by atoms with E-state index in [0.29, 0.717) is 6.29 Å². The molecular formula is C12H6ClF2NO. The zero-order chi connectivity index (χ0) is 12.4. The molecule has 0 bridgehead atoms. The minimum absolute atomic E-state index is 0.163. The lowest BCUT2D eigenvalue weighted by molar-refractivity contribution is 0.111. The molecule has 0 radical (unpaired) electrons. The van der Waals surface area contributed by atoms with Gasteiger partial charge in [-0.15, -0.1) is 0 Å². The normalized spacial score (nSPS) is 10.3. The van der Waals surface area contributed by atoms with E-state index >= 15 is 0 Å². The molecule has 0 atom stereocenters. The lowest BCUT2D eigenvalue weighted by Gasteiger charge is -2.04. The van der Waals surface area contributed by atoms with E-state index in [1.807, 2.05) is 0 Å². The lowest BCUT2D eigenvalue weighted by atomic mass is 10.1. The van der Waals surface area contributed by atoms with Crippen molar-refractivity contribution in [3.05, 3.63) is 52.7 Å². The number of nitrogens with zero attached hydrogens (tertiary/aromatic N) is 1. The molecule has 2 nitrogen and oxygen atoms in total. The van der Waals surface area contributed by atoms with E-state index in [1.54, 1.807) is 0 Å². The van der Waals surface area contributed by atoms with Crippen LogP contribution in [0.25, 0.3) is 11.3 Å². The maximum atomic E-state index is 13.6. The van der Waals surface area contributed by atoms with Crippen LogP contribution in [0.5, 0.6) is 0 Å². The summed E-state index contributed by atoms with van der Waals surface area (Å²) < 4.78 is 26.6. The molecule has 0 unspecified atom stereocenters. The molecule has 0 aliphatic rings. The number of hydrogen-bond acceptors (Lipinski definition) is 2. The number of hydrogen-bond donors (Lipinski definition) is 0. The number of pyridine rings is 1. The molecule has 0 saturated carbocycles. The summed E-state index contributed by atoms with van der Waals surface area (Å²) >= 11 is 5.61. The quantitative estimate of drug-likeness (QED) is 0.767. The summed E-state index contributed by atoms with van der Waals surface area (Å²) in [5.41, 5.74) is 0.185. The second kappa shape index (κ2) is 4.59. The van der Waals surface area contributed by atoms with E-state index < -0.39 is 11.6 Å². The monoisotopic (exact) mass is 253 g/mol. The Balaban J connectivity index is 2.56. The van der Waals surface area contributed by atoms with Crippen molar-refractivity contribution in [1.82, 2.24) is 4.98 Å². The molecule has 0 fully saturated rings. The van der Waals surface area contributed by atoms with E-state index in [9.17, 15) is 13.6 Å². The van der Waals surface area contributed by atoms with Gasteiger partial charge in [-0.1, -0.05) is 11.6 Å². The zero-order valence-corrected chi connectivity index (χ0v) is 9.21. The first-order chi connectivity index (χ1) is 8.11. The molecule has 0 spiro atoms. The van der Waals surface area contributed by atoms with Crippen LogP contribution in [-0.4, -0.2) is 11.3 Å². The van der Waals surface area contributed by atoms with E-state index in [1.165, 1.54) is 18.2 Å². The molecule has 0 aliphatic carbocycles. The molecule has 86 valence electrons. The fourth-order valence-corrected chi connectivity index (χ4v) is 1.55. The van der Waals surface area contributed by atoms with Gasteiger partial charge in [0.2, 0.25) is 0 Å². The molecule has 1 aromatic carbocycles. The van der Waals surface area contributed by atoms with Crippen molar-refractivity contribution in [2.75, 3.05) is 0 Å². The Hall–Kier alpha value is -1.81. The van der Waals surface area contributed by atoms with Crippen LogP contribution in [0.4, 0.5) is 8.78 Å². The second-order valence-corrected chi connectivity index (χ2v) is 3.77. The number of aldehydes is 1. The fourth-order valence-electron chi connectivity index (χ4n) is 1.39. The van der Waals surface area contributed by atoms with Crippen molar-refractivity contribution in [2.24, 2.45) is 0 Å². The minimum Gasteiger partial charge on any atom is -0.298 e. The smallest absolute Gasteiger partial charge is 0.153 e. The Kier molecular flexibility index (Phi) is 3.15. The molecule has 0 amide bonds. The second-order valence-electron chi connectivity index (χ2n) is 3.33. The van der Waals surface area contributed by atoms with Crippen LogP contribution in [-0.2, 0) is 0 Å².